The van der Waals surface area contributed by atoms with E-state index in [1.807, 2.05) is 24.3 Å². The van der Waals surface area contributed by atoms with Crippen LogP contribution in [0.3, 0.4) is 0 Å². The molecule has 1 aromatic carbocycles. The third kappa shape index (κ3) is 3.80. The van der Waals surface area contributed by atoms with Crippen LogP contribution in [0.25, 0.3) is 0 Å². The van der Waals surface area contributed by atoms with Gasteiger partial charge in [-0.1, -0.05) is 0 Å². The van der Waals surface area contributed by atoms with Crippen molar-refractivity contribution in [1.29, 1.82) is 0 Å². The summed E-state index contributed by atoms with van der Waals surface area (Å²) in [5.74, 6) is 0.893. The van der Waals surface area contributed by atoms with Crippen LogP contribution in [0.2, 0.25) is 0 Å². The summed E-state index contributed by atoms with van der Waals surface area (Å²) in [6.45, 7) is 1.28. The molecule has 1 aliphatic rings. The number of amides is 2. The minimum Gasteiger partial charge on any atom is -0.469 e. The molecule has 5 heteroatoms. The summed E-state index contributed by atoms with van der Waals surface area (Å²) in [6, 6.07) is 10.9. The molecule has 1 aliphatic heterocycles. The quantitative estimate of drug-likeness (QED) is 0.923. The summed E-state index contributed by atoms with van der Waals surface area (Å²) in [5, 5.41) is 2.87. The molecule has 2 aromatic rings. The number of benzene rings is 1. The molecule has 0 saturated carbocycles. The Balaban J connectivity index is 1.55. The van der Waals surface area contributed by atoms with Gasteiger partial charge < -0.3 is 14.6 Å². The minimum atomic E-state index is -0.118. The van der Waals surface area contributed by atoms with Crippen LogP contribution in [0, 0.1) is 0 Å². The third-order valence-electron chi connectivity index (χ3n) is 4.00. The smallest absolute Gasteiger partial charge is 0.251 e. The van der Waals surface area contributed by atoms with E-state index in [1.165, 1.54) is 0 Å². The van der Waals surface area contributed by atoms with E-state index >= 15 is 0 Å². The van der Waals surface area contributed by atoms with E-state index in [-0.39, 0.29) is 11.8 Å². The van der Waals surface area contributed by atoms with Gasteiger partial charge in [-0.3, -0.25) is 9.59 Å². The van der Waals surface area contributed by atoms with E-state index in [4.69, 9.17) is 4.42 Å². The number of nitrogens with zero attached hydrogens (tertiary/aromatic N) is 1. The van der Waals surface area contributed by atoms with Crippen molar-refractivity contribution in [2.75, 3.05) is 18.0 Å². The highest BCUT2D eigenvalue weighted by molar-refractivity contribution is 5.96. The maximum Gasteiger partial charge on any atom is 0.251 e. The van der Waals surface area contributed by atoms with Crippen LogP contribution in [0.1, 0.15) is 35.4 Å². The first-order valence-electron chi connectivity index (χ1n) is 7.95. The summed E-state index contributed by atoms with van der Waals surface area (Å²) in [6.07, 6.45) is 4.89. The van der Waals surface area contributed by atoms with Gasteiger partial charge in [0.15, 0.2) is 0 Å². The van der Waals surface area contributed by atoms with Crippen molar-refractivity contribution in [3.05, 3.63) is 54.0 Å². The van der Waals surface area contributed by atoms with Crippen molar-refractivity contribution < 1.29 is 14.0 Å². The zero-order valence-corrected chi connectivity index (χ0v) is 13.0. The number of furan rings is 1. The zero-order chi connectivity index (χ0) is 16.1. The molecule has 0 spiro atoms. The zero-order valence-electron chi connectivity index (χ0n) is 13.0. The van der Waals surface area contributed by atoms with Gasteiger partial charge in [0.1, 0.15) is 5.76 Å². The second kappa shape index (κ2) is 7.13. The van der Waals surface area contributed by atoms with E-state index < -0.39 is 0 Å². The van der Waals surface area contributed by atoms with Crippen molar-refractivity contribution >= 4 is 17.5 Å². The number of piperidine rings is 1. The number of carbonyl (C=O) groups is 2. The lowest BCUT2D eigenvalue weighted by molar-refractivity contribution is -0.119. The van der Waals surface area contributed by atoms with Gasteiger partial charge in [0.25, 0.3) is 5.91 Å². The predicted molar refractivity (Wildman–Crippen MR) is 87.4 cm³/mol. The first-order valence-corrected chi connectivity index (χ1v) is 7.95. The Morgan fingerprint density at radius 1 is 1.17 bits per heavy atom. The van der Waals surface area contributed by atoms with Gasteiger partial charge in [-0.15, -0.1) is 0 Å². The SMILES string of the molecule is O=C(NCCc1ccco1)c1ccc(N2CCCCC2=O)cc1. The van der Waals surface area contributed by atoms with Crippen LogP contribution < -0.4 is 10.2 Å². The summed E-state index contributed by atoms with van der Waals surface area (Å²) in [4.78, 5) is 25.8. The minimum absolute atomic E-state index is 0.118. The molecule has 3 rings (SSSR count). The van der Waals surface area contributed by atoms with E-state index in [1.54, 1.807) is 23.3 Å². The Morgan fingerprint density at radius 2 is 2.00 bits per heavy atom. The third-order valence-corrected chi connectivity index (χ3v) is 4.00. The van der Waals surface area contributed by atoms with Crippen molar-refractivity contribution in [3.63, 3.8) is 0 Å². The van der Waals surface area contributed by atoms with Gasteiger partial charge in [-0.25, -0.2) is 0 Å². The lowest BCUT2D eigenvalue weighted by Crippen LogP contribution is -2.35. The Morgan fingerprint density at radius 3 is 2.70 bits per heavy atom. The standard InChI is InChI=1S/C18H20N2O3/c21-17-5-1-2-12-20(17)15-8-6-14(7-9-15)18(22)19-11-10-16-4-3-13-23-16/h3-4,6-9,13H,1-2,5,10-12H2,(H,19,22). The Kier molecular flexibility index (Phi) is 4.76. The fourth-order valence-corrected chi connectivity index (χ4v) is 2.73. The van der Waals surface area contributed by atoms with Gasteiger partial charge >= 0.3 is 0 Å². The number of hydrogen-bond acceptors (Lipinski definition) is 3. The van der Waals surface area contributed by atoms with Crippen LogP contribution in [0.5, 0.6) is 0 Å². The van der Waals surface area contributed by atoms with Gasteiger partial charge in [0.2, 0.25) is 5.91 Å². The summed E-state index contributed by atoms with van der Waals surface area (Å²) >= 11 is 0. The van der Waals surface area contributed by atoms with E-state index in [9.17, 15) is 9.59 Å². The van der Waals surface area contributed by atoms with Gasteiger partial charge in [0.05, 0.1) is 6.26 Å². The lowest BCUT2D eigenvalue weighted by Gasteiger charge is -2.26. The summed E-state index contributed by atoms with van der Waals surface area (Å²) in [5.41, 5.74) is 1.46. The van der Waals surface area contributed by atoms with Crippen LogP contribution in [-0.4, -0.2) is 24.9 Å². The Hall–Kier alpha value is -2.56. The van der Waals surface area contributed by atoms with E-state index in [0.29, 0.717) is 24.9 Å². The fourth-order valence-electron chi connectivity index (χ4n) is 2.73. The molecule has 23 heavy (non-hydrogen) atoms. The average Bonchev–Trinajstić information content (AvgIpc) is 3.09. The molecule has 2 heterocycles. The van der Waals surface area contributed by atoms with Crippen LogP contribution >= 0.6 is 0 Å². The second-order valence-electron chi connectivity index (χ2n) is 5.63. The highest BCUT2D eigenvalue weighted by Gasteiger charge is 2.19. The average molecular weight is 312 g/mol. The molecule has 1 aromatic heterocycles. The first kappa shape index (κ1) is 15.3. The van der Waals surface area contributed by atoms with Crippen molar-refractivity contribution in [2.24, 2.45) is 0 Å². The maximum absolute atomic E-state index is 12.1. The number of anilines is 1. The Labute approximate surface area is 135 Å². The van der Waals surface area contributed by atoms with E-state index in [0.717, 1.165) is 30.8 Å². The molecule has 0 bridgehead atoms. The van der Waals surface area contributed by atoms with Gasteiger partial charge in [-0.05, 0) is 49.2 Å². The fraction of sp³-hybridized carbons (Fsp3) is 0.333. The molecule has 0 radical (unpaired) electrons. The van der Waals surface area contributed by atoms with Crippen LogP contribution in [0.15, 0.2) is 47.1 Å². The second-order valence-corrected chi connectivity index (χ2v) is 5.63. The highest BCUT2D eigenvalue weighted by atomic mass is 16.3. The van der Waals surface area contributed by atoms with Crippen LogP contribution in [-0.2, 0) is 11.2 Å². The van der Waals surface area contributed by atoms with E-state index in [2.05, 4.69) is 5.32 Å². The topological polar surface area (TPSA) is 62.6 Å². The van der Waals surface area contributed by atoms with Gasteiger partial charge in [0, 0.05) is 37.2 Å². The predicted octanol–water partition coefficient (Wildman–Crippen LogP) is 2.77. The van der Waals surface area contributed by atoms with Crippen molar-refractivity contribution in [3.8, 4) is 0 Å². The normalized spacial score (nSPS) is 14.8. The molecular weight excluding hydrogens is 292 g/mol. The molecule has 0 unspecified atom stereocenters. The highest BCUT2D eigenvalue weighted by Crippen LogP contribution is 2.21. The number of nitrogens with one attached hydrogen (secondary N) is 1. The summed E-state index contributed by atoms with van der Waals surface area (Å²) in [7, 11) is 0. The first-order chi connectivity index (χ1) is 11.2. The number of carbonyl (C=O) groups excluding carboxylic acids is 2. The molecule has 1 fully saturated rings. The summed E-state index contributed by atoms with van der Waals surface area (Å²) < 4.78 is 5.23. The van der Waals surface area contributed by atoms with Crippen LogP contribution in [0.4, 0.5) is 5.69 Å². The molecule has 0 atom stereocenters. The van der Waals surface area contributed by atoms with Crippen molar-refractivity contribution in [2.45, 2.75) is 25.7 Å². The molecule has 0 aliphatic carbocycles. The largest absolute Gasteiger partial charge is 0.469 e. The monoisotopic (exact) mass is 312 g/mol. The number of rotatable bonds is 5. The van der Waals surface area contributed by atoms with Gasteiger partial charge in [-0.2, -0.15) is 0 Å². The molecule has 1 saturated heterocycles. The molecule has 120 valence electrons. The maximum atomic E-state index is 12.1. The Bertz CT molecular complexity index is 662. The molecule has 5 nitrogen and oxygen atoms in total. The number of hydrogen-bond donors (Lipinski definition) is 1. The molecule has 1 N–H and O–H groups in total. The van der Waals surface area contributed by atoms with Crippen molar-refractivity contribution in [1.82, 2.24) is 5.32 Å². The lowest BCUT2D eigenvalue weighted by atomic mass is 10.1. The molecular formula is C18H20N2O3. The molecule has 2 amide bonds.